The van der Waals surface area contributed by atoms with Crippen molar-refractivity contribution >= 4 is 11.8 Å². The normalized spacial score (nSPS) is 25.8. The summed E-state index contributed by atoms with van der Waals surface area (Å²) >= 11 is 0. The molecule has 196 valence electrons. The highest BCUT2D eigenvalue weighted by Crippen LogP contribution is 2.44. The molecule has 37 heavy (non-hydrogen) atoms. The molecule has 1 aromatic carbocycles. The van der Waals surface area contributed by atoms with Gasteiger partial charge in [0.05, 0.1) is 23.2 Å². The van der Waals surface area contributed by atoms with Crippen LogP contribution in [0.4, 0.5) is 13.2 Å². The highest BCUT2D eigenvalue weighted by molar-refractivity contribution is 5.96. The molecule has 1 saturated carbocycles. The average Bonchev–Trinajstić information content (AvgIpc) is 3.36. The van der Waals surface area contributed by atoms with Gasteiger partial charge in [-0.25, -0.2) is 4.98 Å². The quantitative estimate of drug-likeness (QED) is 0.469. The van der Waals surface area contributed by atoms with Gasteiger partial charge in [0.15, 0.2) is 0 Å². The summed E-state index contributed by atoms with van der Waals surface area (Å²) < 4.78 is 38.8. The number of carbonyl (C=O) groups is 2. The van der Waals surface area contributed by atoms with Gasteiger partial charge in [-0.15, -0.1) is 0 Å². The first-order chi connectivity index (χ1) is 17.5. The third-order valence-corrected chi connectivity index (χ3v) is 7.45. The van der Waals surface area contributed by atoms with Crippen LogP contribution in [0.15, 0.2) is 42.6 Å². The van der Waals surface area contributed by atoms with Gasteiger partial charge >= 0.3 is 6.18 Å². The number of nitrogens with zero attached hydrogens (tertiary/aromatic N) is 2. The molecule has 2 aromatic rings. The Morgan fingerprint density at radius 3 is 2.54 bits per heavy atom. The summed E-state index contributed by atoms with van der Waals surface area (Å²) in [6.45, 7) is 0.878. The number of nitrogens with one attached hydrogen (secondary N) is 3. The van der Waals surface area contributed by atoms with Crippen molar-refractivity contribution in [1.29, 1.82) is 5.26 Å². The molecule has 1 aliphatic carbocycles. The topological polar surface area (TPSA) is 127 Å². The number of alkyl halides is 3. The Labute approximate surface area is 212 Å². The molecular formula is C26H28F3N5O3. The number of pyridine rings is 1. The van der Waals surface area contributed by atoms with E-state index < -0.39 is 34.7 Å². The van der Waals surface area contributed by atoms with Crippen LogP contribution in [0.2, 0.25) is 0 Å². The summed E-state index contributed by atoms with van der Waals surface area (Å²) in [5.41, 5.74) is -1.79. The van der Waals surface area contributed by atoms with E-state index in [4.69, 9.17) is 5.26 Å². The van der Waals surface area contributed by atoms with Gasteiger partial charge in [0.2, 0.25) is 5.91 Å². The van der Waals surface area contributed by atoms with Crippen LogP contribution in [0.3, 0.4) is 0 Å². The van der Waals surface area contributed by atoms with Gasteiger partial charge in [-0.05, 0) is 68.8 Å². The maximum Gasteiger partial charge on any atom is 0.416 e. The summed E-state index contributed by atoms with van der Waals surface area (Å²) in [5, 5.41) is 28.9. The Kier molecular flexibility index (Phi) is 7.52. The van der Waals surface area contributed by atoms with Crippen molar-refractivity contribution in [3.63, 3.8) is 0 Å². The predicted molar refractivity (Wildman–Crippen MR) is 127 cm³/mol. The molecule has 0 bridgehead atoms. The zero-order valence-electron chi connectivity index (χ0n) is 20.1. The van der Waals surface area contributed by atoms with Gasteiger partial charge in [0.1, 0.15) is 11.8 Å². The minimum absolute atomic E-state index is 0.0808. The Morgan fingerprint density at radius 2 is 1.95 bits per heavy atom. The van der Waals surface area contributed by atoms with Crippen LogP contribution in [0.5, 0.6) is 0 Å². The Balaban J connectivity index is 1.36. The van der Waals surface area contributed by atoms with Crippen LogP contribution >= 0.6 is 0 Å². The molecule has 2 aliphatic rings. The van der Waals surface area contributed by atoms with E-state index in [9.17, 15) is 27.9 Å². The highest BCUT2D eigenvalue weighted by Gasteiger charge is 2.47. The largest absolute Gasteiger partial charge is 0.416 e. The van der Waals surface area contributed by atoms with Gasteiger partial charge in [-0.3, -0.25) is 9.59 Å². The van der Waals surface area contributed by atoms with Crippen LogP contribution in [0, 0.1) is 17.2 Å². The summed E-state index contributed by atoms with van der Waals surface area (Å²) in [7, 11) is 0. The number of hydrogen-bond acceptors (Lipinski definition) is 6. The number of carbonyl (C=O) groups excluding carboxylic acids is 2. The SMILES string of the molecule is N#Cc1ccc(C2(O)CCC([C@]3(NC(=O)CNC(=O)c4cccc(C(F)(F)F)c4)CCNC3)CC2)cn1. The molecule has 2 amide bonds. The number of rotatable bonds is 6. The monoisotopic (exact) mass is 515 g/mol. The van der Waals surface area contributed by atoms with Gasteiger partial charge in [0, 0.05) is 23.9 Å². The van der Waals surface area contributed by atoms with Crippen molar-refractivity contribution in [2.24, 2.45) is 5.92 Å². The zero-order valence-corrected chi connectivity index (χ0v) is 20.1. The van der Waals surface area contributed by atoms with Crippen molar-refractivity contribution < 1.29 is 27.9 Å². The average molecular weight is 516 g/mol. The standard InChI is InChI=1S/C26H28F3N5O3/c27-26(28,29)19-3-1-2-17(12-19)23(36)33-15-22(35)34-24(10-11-31-16-24)18-6-8-25(37,9-7-18)20-4-5-21(13-30)32-14-20/h1-5,12,14,18,31,37H,6-11,15-16H2,(H,33,36)(H,34,35)/t18?,24-,25?/m0/s1. The van der Waals surface area contributed by atoms with E-state index in [1.807, 2.05) is 6.07 Å². The fourth-order valence-corrected chi connectivity index (χ4v) is 5.36. The molecule has 4 N–H and O–H groups in total. The second-order valence-electron chi connectivity index (χ2n) is 9.74. The van der Waals surface area contributed by atoms with Crippen molar-refractivity contribution in [2.45, 2.75) is 49.4 Å². The lowest BCUT2D eigenvalue weighted by atomic mass is 9.68. The number of aromatic nitrogens is 1. The second-order valence-corrected chi connectivity index (χ2v) is 9.74. The van der Waals surface area contributed by atoms with Crippen LogP contribution in [0.25, 0.3) is 0 Å². The number of benzene rings is 1. The summed E-state index contributed by atoms with van der Waals surface area (Å²) in [4.78, 5) is 29.2. The van der Waals surface area contributed by atoms with E-state index in [2.05, 4.69) is 20.9 Å². The molecule has 1 aromatic heterocycles. The van der Waals surface area contributed by atoms with Crippen molar-refractivity contribution in [3.05, 3.63) is 65.0 Å². The van der Waals surface area contributed by atoms with Crippen molar-refractivity contribution in [3.8, 4) is 6.07 Å². The molecule has 2 heterocycles. The van der Waals surface area contributed by atoms with E-state index in [1.54, 1.807) is 12.1 Å². The minimum atomic E-state index is -4.57. The van der Waals surface area contributed by atoms with E-state index >= 15 is 0 Å². The van der Waals surface area contributed by atoms with Crippen LogP contribution in [-0.4, -0.2) is 47.1 Å². The molecule has 2 fully saturated rings. The van der Waals surface area contributed by atoms with Crippen LogP contribution in [0.1, 0.15) is 59.3 Å². The molecule has 8 nitrogen and oxygen atoms in total. The van der Waals surface area contributed by atoms with Gasteiger partial charge in [-0.1, -0.05) is 12.1 Å². The molecule has 11 heteroatoms. The Hall–Kier alpha value is -3.49. The first kappa shape index (κ1) is 26.6. The van der Waals surface area contributed by atoms with Gasteiger partial charge < -0.3 is 21.1 Å². The predicted octanol–water partition coefficient (Wildman–Crippen LogP) is 2.63. The van der Waals surface area contributed by atoms with Gasteiger partial charge in [-0.2, -0.15) is 18.4 Å². The maximum absolute atomic E-state index is 12.9. The summed E-state index contributed by atoms with van der Waals surface area (Å²) in [6.07, 6.45) is -0.130. The maximum atomic E-state index is 12.9. The number of nitriles is 1. The van der Waals surface area contributed by atoms with E-state index in [1.165, 1.54) is 12.3 Å². The van der Waals surface area contributed by atoms with E-state index in [0.717, 1.165) is 18.2 Å². The number of halogens is 3. The first-order valence-electron chi connectivity index (χ1n) is 12.1. The highest BCUT2D eigenvalue weighted by atomic mass is 19.4. The molecular weight excluding hydrogens is 487 g/mol. The van der Waals surface area contributed by atoms with Gasteiger partial charge in [0.25, 0.3) is 5.91 Å². The number of aliphatic hydroxyl groups is 1. The number of hydrogen-bond donors (Lipinski definition) is 4. The van der Waals surface area contributed by atoms with Crippen molar-refractivity contribution in [1.82, 2.24) is 20.9 Å². The van der Waals surface area contributed by atoms with E-state index in [-0.39, 0.29) is 23.7 Å². The summed E-state index contributed by atoms with van der Waals surface area (Å²) in [5.74, 6) is -1.11. The lowest BCUT2D eigenvalue weighted by Gasteiger charge is -2.44. The number of amides is 2. The fourth-order valence-electron chi connectivity index (χ4n) is 5.36. The summed E-state index contributed by atoms with van der Waals surface area (Å²) in [6, 6.07) is 9.30. The van der Waals surface area contributed by atoms with Crippen LogP contribution in [-0.2, 0) is 16.6 Å². The van der Waals surface area contributed by atoms with Crippen molar-refractivity contribution in [2.75, 3.05) is 19.6 Å². The van der Waals surface area contributed by atoms with Crippen LogP contribution < -0.4 is 16.0 Å². The molecule has 1 aliphatic heterocycles. The minimum Gasteiger partial charge on any atom is -0.385 e. The molecule has 0 radical (unpaired) electrons. The lowest BCUT2D eigenvalue weighted by molar-refractivity contribution is -0.137. The second kappa shape index (κ2) is 10.5. The Morgan fingerprint density at radius 1 is 1.19 bits per heavy atom. The molecule has 1 saturated heterocycles. The smallest absolute Gasteiger partial charge is 0.385 e. The van der Waals surface area contributed by atoms with E-state index in [0.29, 0.717) is 50.8 Å². The molecule has 0 unspecified atom stereocenters. The molecule has 1 atom stereocenters. The third kappa shape index (κ3) is 5.92. The Bertz CT molecular complexity index is 1180. The fraction of sp³-hybridized carbons (Fsp3) is 0.462. The zero-order chi connectivity index (χ0) is 26.7. The third-order valence-electron chi connectivity index (χ3n) is 7.45. The first-order valence-corrected chi connectivity index (χ1v) is 12.1. The molecule has 0 spiro atoms. The molecule has 4 rings (SSSR count). The lowest BCUT2D eigenvalue weighted by Crippen LogP contribution is -2.58.